The Morgan fingerprint density at radius 3 is 0.882 bits per heavy atom. The van der Waals surface area contributed by atoms with Crippen molar-refractivity contribution < 1.29 is 22.7 Å². The third-order valence-electron chi connectivity index (χ3n) is 1.24. The van der Waals surface area contributed by atoms with Crippen LogP contribution in [0.4, 0.5) is 0 Å². The van der Waals surface area contributed by atoms with Crippen molar-refractivity contribution in [1.82, 2.24) is 0 Å². The Bertz CT molecular complexity index is 120. The maximum absolute atomic E-state index is 5.33. The average Bonchev–Trinajstić information content (AvgIpc) is 2.35. The zero-order valence-corrected chi connectivity index (χ0v) is 24.1. The average molecular weight is 382 g/mol. The normalized spacial score (nSPS) is 9.18. The van der Waals surface area contributed by atoms with Crippen LogP contribution in [0.3, 0.4) is 0 Å². The van der Waals surface area contributed by atoms with Gasteiger partial charge in [0.05, 0.1) is 0 Å². The van der Waals surface area contributed by atoms with E-state index in [-0.39, 0.29) is 0 Å². The fourth-order valence-corrected chi connectivity index (χ4v) is 14.3. The molecule has 86 valence electrons. The molecule has 0 N–H and O–H groups in total. The highest BCUT2D eigenvalue weighted by atomic mass is 27.3. The quantitative estimate of drug-likeness (QED) is 0.217. The molecular formula is H11Al9O8. The first-order valence-electron chi connectivity index (χ1n) is 4.86. The van der Waals surface area contributed by atoms with Gasteiger partial charge in [-0.3, -0.25) is 0 Å². The minimum Gasteiger partial charge on any atom is -0.623 e. The van der Waals surface area contributed by atoms with E-state index >= 15 is 0 Å². The van der Waals surface area contributed by atoms with Crippen molar-refractivity contribution in [3.05, 3.63) is 0 Å². The first-order valence-corrected chi connectivity index (χ1v) is 14.6. The molecule has 0 aliphatic rings. The summed E-state index contributed by atoms with van der Waals surface area (Å²) in [7, 11) is 0. The van der Waals surface area contributed by atoms with Gasteiger partial charge in [0.1, 0.15) is 0 Å². The topological polar surface area (TPSA) is 73.8 Å². The van der Waals surface area contributed by atoms with E-state index in [1.807, 2.05) is 0 Å². The highest BCUT2D eigenvalue weighted by Crippen LogP contribution is 1.76. The highest BCUT2D eigenvalue weighted by Gasteiger charge is 2.06. The Hall–Kier alpha value is 4.47. The van der Waals surface area contributed by atoms with Crippen molar-refractivity contribution in [2.45, 2.75) is 0 Å². The molecule has 17 heavy (non-hydrogen) atoms. The summed E-state index contributed by atoms with van der Waals surface area (Å²) in [4.78, 5) is 0. The maximum atomic E-state index is 5.33. The summed E-state index contributed by atoms with van der Waals surface area (Å²) in [5, 5.41) is 0. The van der Waals surface area contributed by atoms with Crippen LogP contribution in [0.25, 0.3) is 0 Å². The first kappa shape index (κ1) is 21.5. The van der Waals surface area contributed by atoms with Gasteiger partial charge < -0.3 is 22.7 Å². The minimum atomic E-state index is -0.887. The van der Waals surface area contributed by atoms with Gasteiger partial charge in [0.25, 0.3) is 0 Å². The second-order valence-corrected chi connectivity index (χ2v) is 18.7. The SMILES string of the molecule is [AlH2][O][AlH][O][AlH][O][AlH][O][AlH][O][AlH][O][AlH][O][AlH][O][AlH2]. The molecule has 0 atom stereocenters. The fraction of sp³-hybridized carbons (Fsp3) is 0. The molecule has 0 unspecified atom stereocenters. The molecule has 0 spiro atoms. The molecule has 0 rings (SSSR count). The van der Waals surface area contributed by atoms with Crippen molar-refractivity contribution in [2.24, 2.45) is 0 Å². The molecule has 0 aromatic rings. The summed E-state index contributed by atoms with van der Waals surface area (Å²) >= 11 is -4.21. The van der Waals surface area contributed by atoms with Gasteiger partial charge in [-0.15, -0.1) is 0 Å². The zero-order chi connectivity index (χ0) is 12.6. The standard InChI is InChI=1S/9Al.8O.11H. The van der Waals surface area contributed by atoms with E-state index in [0.717, 1.165) is 33.2 Å². The summed E-state index contributed by atoms with van der Waals surface area (Å²) in [5.74, 6) is 0. The summed E-state index contributed by atoms with van der Waals surface area (Å²) in [6.07, 6.45) is 0. The van der Waals surface area contributed by atoms with Gasteiger partial charge in [-0.2, -0.15) is 0 Å². The van der Waals surface area contributed by atoms with Crippen molar-refractivity contribution in [1.29, 1.82) is 0 Å². The van der Waals surface area contributed by atoms with Gasteiger partial charge in [-0.1, -0.05) is 0 Å². The predicted octanol–water partition coefficient (Wildman–Crippen LogP) is -6.92. The third-order valence-corrected chi connectivity index (χ3v) is 11.1. The van der Waals surface area contributed by atoms with E-state index in [1.165, 1.54) is 0 Å². The van der Waals surface area contributed by atoms with Gasteiger partial charge in [0.2, 0.25) is 0 Å². The summed E-state index contributed by atoms with van der Waals surface area (Å²) in [6.45, 7) is 0. The van der Waals surface area contributed by atoms with Crippen LogP contribution in [0.5, 0.6) is 0 Å². The van der Waals surface area contributed by atoms with E-state index in [4.69, 9.17) is 22.7 Å². The Labute approximate surface area is 164 Å². The van der Waals surface area contributed by atoms with E-state index in [1.54, 1.807) is 0 Å². The molecule has 0 radical (unpaired) electrons. The van der Waals surface area contributed by atoms with Crippen LogP contribution in [0.1, 0.15) is 0 Å². The van der Waals surface area contributed by atoms with Crippen LogP contribution in [0.2, 0.25) is 0 Å². The van der Waals surface area contributed by atoms with Crippen molar-refractivity contribution in [2.75, 3.05) is 0 Å². The maximum Gasteiger partial charge on any atom is 0.590 e. The molecule has 0 aliphatic carbocycles. The lowest BCUT2D eigenvalue weighted by Gasteiger charge is -2.06. The first-order chi connectivity index (χ1) is 8.41. The Morgan fingerprint density at radius 2 is 0.647 bits per heavy atom. The molecule has 17 heteroatoms. The second-order valence-electron chi connectivity index (χ2n) is 2.63. The number of rotatable bonds is 14. The molecule has 0 amide bonds. The summed E-state index contributed by atoms with van der Waals surface area (Å²) in [5.41, 5.74) is 0. The monoisotopic (exact) mass is 382 g/mol. The van der Waals surface area contributed by atoms with E-state index < -0.39 is 111 Å². The minimum absolute atomic E-state index is 0.718. The van der Waals surface area contributed by atoms with Crippen LogP contribution in [-0.4, -0.2) is 144 Å². The second kappa shape index (κ2) is 20.5. The Balaban J connectivity index is 2.85. The van der Waals surface area contributed by atoms with Crippen LogP contribution >= 0.6 is 0 Å². The predicted molar refractivity (Wildman–Crippen MR) is 75.8 cm³/mol. The summed E-state index contributed by atoms with van der Waals surface area (Å²) < 4.78 is 41.7. The molecule has 0 bridgehead atoms. The lowest BCUT2D eigenvalue weighted by atomic mass is 15.7. The van der Waals surface area contributed by atoms with E-state index in [9.17, 15) is 0 Å². The Kier molecular flexibility index (Phi) is 25.9. The molecule has 0 aromatic carbocycles. The Morgan fingerprint density at radius 1 is 0.412 bits per heavy atom. The van der Waals surface area contributed by atoms with Crippen LogP contribution in [0.15, 0.2) is 0 Å². The van der Waals surface area contributed by atoms with Gasteiger partial charge in [0.15, 0.2) is 0 Å². The molecule has 0 saturated carbocycles. The lowest BCUT2D eigenvalue weighted by molar-refractivity contribution is 0.368. The largest absolute Gasteiger partial charge is 0.623 e. The number of hydrogen-bond acceptors (Lipinski definition) is 8. The smallest absolute Gasteiger partial charge is 0.590 e. The van der Waals surface area contributed by atoms with Crippen LogP contribution < -0.4 is 0 Å². The van der Waals surface area contributed by atoms with Crippen molar-refractivity contribution in [3.63, 3.8) is 0 Å². The molecule has 0 fully saturated rings. The molecule has 0 saturated heterocycles. The molecule has 0 heterocycles. The summed E-state index contributed by atoms with van der Waals surface area (Å²) in [6, 6.07) is 0. The fourth-order valence-electron chi connectivity index (χ4n) is 0.665. The van der Waals surface area contributed by atoms with Gasteiger partial charge in [-0.25, -0.2) is 0 Å². The van der Waals surface area contributed by atoms with Crippen molar-refractivity contribution in [3.8, 4) is 0 Å². The van der Waals surface area contributed by atoms with Gasteiger partial charge in [0, 0.05) is 0 Å². The molecule has 0 aliphatic heterocycles. The van der Waals surface area contributed by atoms with Crippen LogP contribution in [-0.2, 0) is 22.7 Å². The van der Waals surface area contributed by atoms with E-state index in [0.29, 0.717) is 0 Å². The van der Waals surface area contributed by atoms with Gasteiger partial charge >= 0.3 is 144 Å². The third kappa shape index (κ3) is 20.5. The number of hydrogen-bond donors (Lipinski definition) is 0. The van der Waals surface area contributed by atoms with Gasteiger partial charge in [-0.05, 0) is 0 Å². The van der Waals surface area contributed by atoms with E-state index in [2.05, 4.69) is 0 Å². The zero-order valence-electron chi connectivity index (χ0n) is 10.2. The lowest BCUT2D eigenvalue weighted by Crippen LogP contribution is -2.20. The highest BCUT2D eigenvalue weighted by molar-refractivity contribution is 6.48. The molecule has 0 aromatic heterocycles. The molecular weight excluding hydrogens is 371 g/mol. The van der Waals surface area contributed by atoms with Crippen LogP contribution in [0, 0.1) is 0 Å². The molecule has 8 nitrogen and oxygen atoms in total. The van der Waals surface area contributed by atoms with Crippen molar-refractivity contribution >= 4 is 144 Å².